The molecule has 2 aromatic rings. The first-order valence-electron chi connectivity index (χ1n) is 7.34. The van der Waals surface area contributed by atoms with Crippen molar-refractivity contribution in [1.29, 1.82) is 0 Å². The number of hydrogen-bond donors (Lipinski definition) is 0. The minimum absolute atomic E-state index is 0.726. The SMILES string of the molecule is C[Si](C)(C)OC/C=C/[Si](c1ccccc1)c1ccccc1. The van der Waals surface area contributed by atoms with Crippen molar-refractivity contribution >= 4 is 27.5 Å². The van der Waals surface area contributed by atoms with E-state index in [2.05, 4.69) is 92.1 Å². The van der Waals surface area contributed by atoms with Gasteiger partial charge in [0.2, 0.25) is 0 Å². The van der Waals surface area contributed by atoms with E-state index in [1.165, 1.54) is 10.4 Å². The average Bonchev–Trinajstić information content (AvgIpc) is 2.48. The van der Waals surface area contributed by atoms with Crippen LogP contribution >= 0.6 is 0 Å². The maximum atomic E-state index is 5.92. The van der Waals surface area contributed by atoms with Gasteiger partial charge in [-0.05, 0) is 19.6 Å². The summed E-state index contributed by atoms with van der Waals surface area (Å²) in [6.45, 7) is 7.40. The molecule has 2 aromatic carbocycles. The number of benzene rings is 2. The van der Waals surface area contributed by atoms with Crippen molar-refractivity contribution in [2.75, 3.05) is 6.61 Å². The Bertz CT molecular complexity index is 519. The van der Waals surface area contributed by atoms with Crippen molar-refractivity contribution in [3.05, 3.63) is 72.4 Å². The fourth-order valence-corrected chi connectivity index (χ4v) is 4.81. The van der Waals surface area contributed by atoms with Gasteiger partial charge in [0.15, 0.2) is 8.32 Å². The van der Waals surface area contributed by atoms with E-state index in [-0.39, 0.29) is 0 Å². The molecule has 0 unspecified atom stereocenters. The van der Waals surface area contributed by atoms with Crippen LogP contribution in [0.3, 0.4) is 0 Å². The summed E-state index contributed by atoms with van der Waals surface area (Å²) in [6, 6.07) is 21.5. The molecule has 1 nitrogen and oxygen atoms in total. The van der Waals surface area contributed by atoms with E-state index >= 15 is 0 Å². The normalized spacial score (nSPS) is 12.2. The van der Waals surface area contributed by atoms with E-state index in [0.717, 1.165) is 6.61 Å². The Morgan fingerprint density at radius 1 is 0.857 bits per heavy atom. The molecular formula is C18H23OSi2. The largest absolute Gasteiger partial charge is 0.414 e. The molecule has 109 valence electrons. The molecule has 0 aliphatic rings. The topological polar surface area (TPSA) is 9.23 Å². The maximum Gasteiger partial charge on any atom is 0.184 e. The van der Waals surface area contributed by atoms with Crippen LogP contribution in [0.5, 0.6) is 0 Å². The molecule has 0 aliphatic heterocycles. The van der Waals surface area contributed by atoms with Crippen LogP contribution in [0.1, 0.15) is 0 Å². The van der Waals surface area contributed by atoms with E-state index in [9.17, 15) is 0 Å². The molecule has 0 atom stereocenters. The summed E-state index contributed by atoms with van der Waals surface area (Å²) in [7, 11) is -2.29. The molecule has 0 spiro atoms. The molecule has 0 aromatic heterocycles. The van der Waals surface area contributed by atoms with Gasteiger partial charge in [0.25, 0.3) is 0 Å². The molecule has 0 aliphatic carbocycles. The van der Waals surface area contributed by atoms with Gasteiger partial charge in [0, 0.05) is 0 Å². The van der Waals surface area contributed by atoms with Crippen LogP contribution in [-0.2, 0) is 4.43 Å². The van der Waals surface area contributed by atoms with Crippen LogP contribution in [0.25, 0.3) is 0 Å². The van der Waals surface area contributed by atoms with Crippen molar-refractivity contribution in [2.45, 2.75) is 19.6 Å². The lowest BCUT2D eigenvalue weighted by atomic mass is 10.4. The van der Waals surface area contributed by atoms with E-state index in [1.807, 2.05) is 0 Å². The Balaban J connectivity index is 2.16. The summed E-state index contributed by atoms with van der Waals surface area (Å²) in [5, 5.41) is 2.83. The van der Waals surface area contributed by atoms with Crippen LogP contribution in [0.4, 0.5) is 0 Å². The predicted octanol–water partition coefficient (Wildman–Crippen LogP) is 3.24. The van der Waals surface area contributed by atoms with Crippen molar-refractivity contribution in [2.24, 2.45) is 0 Å². The molecule has 0 bridgehead atoms. The average molecular weight is 312 g/mol. The molecule has 0 fully saturated rings. The Labute approximate surface area is 131 Å². The zero-order chi connectivity index (χ0) is 15.1. The molecular weight excluding hydrogens is 288 g/mol. The second-order valence-corrected chi connectivity index (χ2v) is 12.8. The van der Waals surface area contributed by atoms with Gasteiger partial charge in [-0.1, -0.05) is 82.8 Å². The third-order valence-electron chi connectivity index (χ3n) is 3.07. The Morgan fingerprint density at radius 2 is 1.33 bits per heavy atom. The monoisotopic (exact) mass is 311 g/mol. The van der Waals surface area contributed by atoms with Gasteiger partial charge in [-0.2, -0.15) is 0 Å². The van der Waals surface area contributed by atoms with Crippen LogP contribution in [0.15, 0.2) is 72.4 Å². The quantitative estimate of drug-likeness (QED) is 0.744. The van der Waals surface area contributed by atoms with Gasteiger partial charge in [-0.15, -0.1) is 0 Å². The predicted molar refractivity (Wildman–Crippen MR) is 96.3 cm³/mol. The van der Waals surface area contributed by atoms with Gasteiger partial charge >= 0.3 is 0 Å². The lowest BCUT2D eigenvalue weighted by Crippen LogP contribution is -2.40. The van der Waals surface area contributed by atoms with Crippen molar-refractivity contribution in [1.82, 2.24) is 0 Å². The van der Waals surface area contributed by atoms with Gasteiger partial charge < -0.3 is 4.43 Å². The fourth-order valence-electron chi connectivity index (χ4n) is 2.06. The first-order valence-corrected chi connectivity index (χ1v) is 12.3. The lowest BCUT2D eigenvalue weighted by Gasteiger charge is -2.16. The summed E-state index contributed by atoms with van der Waals surface area (Å²) >= 11 is 0. The van der Waals surface area contributed by atoms with Gasteiger partial charge in [-0.25, -0.2) is 0 Å². The second-order valence-electron chi connectivity index (χ2n) is 5.97. The highest BCUT2D eigenvalue weighted by molar-refractivity contribution is 6.89. The smallest absolute Gasteiger partial charge is 0.184 e. The van der Waals surface area contributed by atoms with Gasteiger partial charge in [0.05, 0.1) is 6.61 Å². The van der Waals surface area contributed by atoms with Crippen molar-refractivity contribution in [3.8, 4) is 0 Å². The third-order valence-corrected chi connectivity index (χ3v) is 6.58. The molecule has 0 N–H and O–H groups in total. The minimum atomic E-state index is -1.43. The van der Waals surface area contributed by atoms with Crippen LogP contribution in [-0.4, -0.2) is 23.7 Å². The maximum absolute atomic E-state index is 5.92. The van der Waals surface area contributed by atoms with Crippen LogP contribution in [0, 0.1) is 0 Å². The Hall–Kier alpha value is -1.43. The highest BCUT2D eigenvalue weighted by Crippen LogP contribution is 2.02. The summed E-state index contributed by atoms with van der Waals surface area (Å²) in [4.78, 5) is 0. The summed E-state index contributed by atoms with van der Waals surface area (Å²) < 4.78 is 5.92. The highest BCUT2D eigenvalue weighted by Gasteiger charge is 2.14. The lowest BCUT2D eigenvalue weighted by molar-refractivity contribution is 0.357. The first kappa shape index (κ1) is 16.0. The van der Waals surface area contributed by atoms with Crippen LogP contribution < -0.4 is 10.4 Å². The second kappa shape index (κ2) is 7.54. The molecule has 0 saturated heterocycles. The van der Waals surface area contributed by atoms with Gasteiger partial charge in [0.1, 0.15) is 8.80 Å². The minimum Gasteiger partial charge on any atom is -0.414 e. The number of rotatable bonds is 6. The van der Waals surface area contributed by atoms with Gasteiger partial charge in [-0.3, -0.25) is 0 Å². The highest BCUT2D eigenvalue weighted by atomic mass is 28.4. The zero-order valence-corrected chi connectivity index (χ0v) is 15.0. The fraction of sp³-hybridized carbons (Fsp3) is 0.222. The van der Waals surface area contributed by atoms with Crippen LogP contribution in [0.2, 0.25) is 19.6 Å². The first-order chi connectivity index (χ1) is 10.1. The Kier molecular flexibility index (Phi) is 5.73. The third kappa shape index (κ3) is 5.46. The standard InChI is InChI=1S/C18H23OSi2/c1-21(2,3)19-15-10-16-20(17-11-6-4-7-12-17)18-13-8-5-9-14-18/h4-14,16H,15H2,1-3H3/b16-10+. The molecule has 21 heavy (non-hydrogen) atoms. The van der Waals surface area contributed by atoms with E-state index in [4.69, 9.17) is 4.43 Å². The molecule has 3 heteroatoms. The van der Waals surface area contributed by atoms with Crippen molar-refractivity contribution < 1.29 is 4.43 Å². The van der Waals surface area contributed by atoms with E-state index in [0.29, 0.717) is 0 Å². The summed E-state index contributed by atoms with van der Waals surface area (Å²) in [5.74, 6) is 0. The molecule has 0 amide bonds. The number of hydrogen-bond acceptors (Lipinski definition) is 1. The Morgan fingerprint density at radius 3 is 1.76 bits per heavy atom. The molecule has 2 rings (SSSR count). The molecule has 0 heterocycles. The zero-order valence-electron chi connectivity index (χ0n) is 13.0. The summed E-state index contributed by atoms with van der Waals surface area (Å²) in [6.07, 6.45) is 2.20. The van der Waals surface area contributed by atoms with E-state index < -0.39 is 17.1 Å². The van der Waals surface area contributed by atoms with E-state index in [1.54, 1.807) is 0 Å². The summed E-state index contributed by atoms with van der Waals surface area (Å²) in [5.41, 5.74) is 2.36. The van der Waals surface area contributed by atoms with Crippen molar-refractivity contribution in [3.63, 3.8) is 0 Å². The molecule has 0 saturated carbocycles. The molecule has 1 radical (unpaired) electrons.